The Hall–Kier alpha value is 0.490. The minimum atomic E-state index is 0.505. The molecule has 1 fully saturated rings. The van der Waals surface area contributed by atoms with Crippen molar-refractivity contribution < 1.29 is 4.74 Å². The van der Waals surface area contributed by atoms with Crippen molar-refractivity contribution in [1.82, 2.24) is 0 Å². The second-order valence-corrected chi connectivity index (χ2v) is 7.08. The Morgan fingerprint density at radius 2 is 2.47 bits per heavy atom. The van der Waals surface area contributed by atoms with Crippen LogP contribution in [0.5, 0.6) is 0 Å². The van der Waals surface area contributed by atoms with Crippen molar-refractivity contribution >= 4 is 39.0 Å². The van der Waals surface area contributed by atoms with Crippen LogP contribution in [0.2, 0.25) is 0 Å². The molecule has 0 radical (unpaired) electrons. The molecule has 0 amide bonds. The molecule has 1 aromatic heterocycles. The SMILES string of the molecule is Brc1cc(CSCC2CCCCO2)cs1. The minimum absolute atomic E-state index is 0.505. The first kappa shape index (κ1) is 12.0. The highest BCUT2D eigenvalue weighted by Gasteiger charge is 2.13. The highest BCUT2D eigenvalue weighted by atomic mass is 79.9. The van der Waals surface area contributed by atoms with E-state index in [0.717, 1.165) is 18.1 Å². The Balaban J connectivity index is 1.65. The normalized spacial score (nSPS) is 21.8. The van der Waals surface area contributed by atoms with Gasteiger partial charge < -0.3 is 4.74 Å². The third-order valence-corrected chi connectivity index (χ3v) is 5.17. The fraction of sp³-hybridized carbons (Fsp3) is 0.636. The Kier molecular flexibility index (Phi) is 5.01. The molecule has 1 unspecified atom stereocenters. The number of rotatable bonds is 4. The van der Waals surface area contributed by atoms with E-state index in [-0.39, 0.29) is 0 Å². The Morgan fingerprint density at radius 1 is 1.53 bits per heavy atom. The zero-order chi connectivity index (χ0) is 10.5. The van der Waals surface area contributed by atoms with Crippen molar-refractivity contribution in [3.8, 4) is 0 Å². The van der Waals surface area contributed by atoms with Gasteiger partial charge in [0.15, 0.2) is 0 Å². The van der Waals surface area contributed by atoms with Gasteiger partial charge in [-0.3, -0.25) is 0 Å². The van der Waals surface area contributed by atoms with Crippen LogP contribution in [0.3, 0.4) is 0 Å². The van der Waals surface area contributed by atoms with Gasteiger partial charge in [0.05, 0.1) is 9.89 Å². The lowest BCUT2D eigenvalue weighted by molar-refractivity contribution is 0.0315. The summed E-state index contributed by atoms with van der Waals surface area (Å²) < 4.78 is 6.92. The fourth-order valence-corrected chi connectivity index (χ4v) is 4.03. The zero-order valence-electron chi connectivity index (χ0n) is 8.58. The summed E-state index contributed by atoms with van der Waals surface area (Å²) in [6, 6.07) is 2.21. The molecule has 1 atom stereocenters. The van der Waals surface area contributed by atoms with Crippen molar-refractivity contribution in [1.29, 1.82) is 0 Å². The lowest BCUT2D eigenvalue weighted by atomic mass is 10.1. The van der Waals surface area contributed by atoms with Crippen molar-refractivity contribution in [2.75, 3.05) is 12.4 Å². The molecular weight excluding hydrogens is 292 g/mol. The van der Waals surface area contributed by atoms with Crippen LogP contribution in [0.1, 0.15) is 24.8 Å². The van der Waals surface area contributed by atoms with Crippen LogP contribution in [0.15, 0.2) is 15.2 Å². The molecule has 4 heteroatoms. The molecule has 0 aromatic carbocycles. The topological polar surface area (TPSA) is 9.23 Å². The van der Waals surface area contributed by atoms with E-state index in [0.29, 0.717) is 6.10 Å². The summed E-state index contributed by atoms with van der Waals surface area (Å²) in [4.78, 5) is 0. The lowest BCUT2D eigenvalue weighted by Crippen LogP contribution is -2.21. The maximum atomic E-state index is 5.69. The second-order valence-electron chi connectivity index (χ2n) is 3.76. The Bertz CT molecular complexity index is 295. The summed E-state index contributed by atoms with van der Waals surface area (Å²) >= 11 is 7.23. The van der Waals surface area contributed by atoms with Crippen LogP contribution in [0, 0.1) is 0 Å². The second kappa shape index (κ2) is 6.28. The minimum Gasteiger partial charge on any atom is -0.377 e. The standard InChI is InChI=1S/C11H15BrOS2/c12-11-5-9(7-15-11)6-14-8-10-3-1-2-4-13-10/h5,7,10H,1-4,6,8H2. The van der Waals surface area contributed by atoms with Crippen molar-refractivity contribution in [2.45, 2.75) is 31.1 Å². The molecule has 15 heavy (non-hydrogen) atoms. The van der Waals surface area contributed by atoms with Crippen LogP contribution < -0.4 is 0 Å². The number of thioether (sulfide) groups is 1. The number of hydrogen-bond donors (Lipinski definition) is 0. The molecule has 0 saturated carbocycles. The van der Waals surface area contributed by atoms with E-state index in [4.69, 9.17) is 4.74 Å². The highest BCUT2D eigenvalue weighted by Crippen LogP contribution is 2.25. The van der Waals surface area contributed by atoms with Gasteiger partial charge in [0.1, 0.15) is 0 Å². The first-order chi connectivity index (χ1) is 7.34. The van der Waals surface area contributed by atoms with Gasteiger partial charge in [0.2, 0.25) is 0 Å². The van der Waals surface area contributed by atoms with Gasteiger partial charge in [-0.2, -0.15) is 11.8 Å². The van der Waals surface area contributed by atoms with E-state index >= 15 is 0 Å². The molecule has 1 aliphatic rings. The average molecular weight is 307 g/mol. The summed E-state index contributed by atoms with van der Waals surface area (Å²) in [6.45, 7) is 0.967. The van der Waals surface area contributed by atoms with Crippen LogP contribution in [-0.2, 0) is 10.5 Å². The Labute approximate surface area is 108 Å². The average Bonchev–Trinajstić information content (AvgIpc) is 2.66. The number of ether oxygens (including phenoxy) is 1. The third kappa shape index (κ3) is 4.10. The molecule has 2 heterocycles. The summed E-state index contributed by atoms with van der Waals surface area (Å²) in [6.07, 6.45) is 4.35. The molecule has 1 aromatic rings. The van der Waals surface area contributed by atoms with Crippen LogP contribution in [-0.4, -0.2) is 18.5 Å². The van der Waals surface area contributed by atoms with Gasteiger partial charge in [0.25, 0.3) is 0 Å². The maximum Gasteiger partial charge on any atom is 0.0701 e. The molecule has 0 spiro atoms. The maximum absolute atomic E-state index is 5.69. The predicted molar refractivity (Wildman–Crippen MR) is 71.8 cm³/mol. The predicted octanol–water partition coefficient (Wildman–Crippen LogP) is 4.31. The molecule has 0 aliphatic carbocycles. The van der Waals surface area contributed by atoms with E-state index in [1.165, 1.54) is 28.6 Å². The number of thiophene rings is 1. The van der Waals surface area contributed by atoms with Crippen molar-refractivity contribution in [3.63, 3.8) is 0 Å². The van der Waals surface area contributed by atoms with Gasteiger partial charge in [0, 0.05) is 18.1 Å². The van der Waals surface area contributed by atoms with Crippen LogP contribution in [0.25, 0.3) is 0 Å². The molecule has 0 N–H and O–H groups in total. The molecule has 1 aliphatic heterocycles. The monoisotopic (exact) mass is 306 g/mol. The molecule has 2 rings (SSSR count). The Morgan fingerprint density at radius 3 is 3.13 bits per heavy atom. The van der Waals surface area contributed by atoms with Crippen LogP contribution in [0.4, 0.5) is 0 Å². The fourth-order valence-electron chi connectivity index (χ4n) is 1.67. The van der Waals surface area contributed by atoms with Gasteiger partial charge in [-0.15, -0.1) is 11.3 Å². The summed E-state index contributed by atoms with van der Waals surface area (Å²) in [5, 5.41) is 2.22. The van der Waals surface area contributed by atoms with E-state index in [9.17, 15) is 0 Å². The molecule has 1 saturated heterocycles. The zero-order valence-corrected chi connectivity index (χ0v) is 11.8. The van der Waals surface area contributed by atoms with Gasteiger partial charge in [-0.25, -0.2) is 0 Å². The highest BCUT2D eigenvalue weighted by molar-refractivity contribution is 9.11. The van der Waals surface area contributed by atoms with Crippen LogP contribution >= 0.6 is 39.0 Å². The van der Waals surface area contributed by atoms with E-state index in [1.807, 2.05) is 11.8 Å². The third-order valence-electron chi connectivity index (χ3n) is 2.47. The first-order valence-electron chi connectivity index (χ1n) is 5.27. The number of hydrogen-bond acceptors (Lipinski definition) is 3. The van der Waals surface area contributed by atoms with E-state index < -0.39 is 0 Å². The quantitative estimate of drug-likeness (QED) is 0.819. The van der Waals surface area contributed by atoms with E-state index in [1.54, 1.807) is 11.3 Å². The van der Waals surface area contributed by atoms with Gasteiger partial charge >= 0.3 is 0 Å². The molecule has 0 bridgehead atoms. The largest absolute Gasteiger partial charge is 0.377 e. The summed E-state index contributed by atoms with van der Waals surface area (Å²) in [5.41, 5.74) is 1.42. The van der Waals surface area contributed by atoms with Crippen molar-refractivity contribution in [3.05, 3.63) is 20.8 Å². The number of halogens is 1. The molecule has 1 nitrogen and oxygen atoms in total. The summed E-state index contributed by atoms with van der Waals surface area (Å²) in [5.74, 6) is 2.26. The van der Waals surface area contributed by atoms with Crippen molar-refractivity contribution in [2.24, 2.45) is 0 Å². The molecule has 84 valence electrons. The first-order valence-corrected chi connectivity index (χ1v) is 8.09. The van der Waals surface area contributed by atoms with E-state index in [2.05, 4.69) is 27.4 Å². The summed E-state index contributed by atoms with van der Waals surface area (Å²) in [7, 11) is 0. The van der Waals surface area contributed by atoms with Gasteiger partial charge in [-0.05, 0) is 52.2 Å². The smallest absolute Gasteiger partial charge is 0.0701 e. The molecular formula is C11H15BrOS2. The lowest BCUT2D eigenvalue weighted by Gasteiger charge is -2.21. The van der Waals surface area contributed by atoms with Gasteiger partial charge in [-0.1, -0.05) is 0 Å².